The zero-order chi connectivity index (χ0) is 12.3. The van der Waals surface area contributed by atoms with Crippen molar-refractivity contribution in [2.24, 2.45) is 5.73 Å². The monoisotopic (exact) mass is 250 g/mol. The second-order valence-corrected chi connectivity index (χ2v) is 6.08. The molecule has 94 valence electrons. The number of nitrogens with zero attached hydrogens (tertiary/aromatic N) is 1. The van der Waals surface area contributed by atoms with Gasteiger partial charge >= 0.3 is 0 Å². The van der Waals surface area contributed by atoms with Gasteiger partial charge in [0.2, 0.25) is 0 Å². The minimum Gasteiger partial charge on any atom is -0.324 e. The van der Waals surface area contributed by atoms with Crippen LogP contribution in [0.2, 0.25) is 0 Å². The Morgan fingerprint density at radius 1 is 1.29 bits per heavy atom. The molecule has 0 unspecified atom stereocenters. The molecule has 2 nitrogen and oxygen atoms in total. The molecule has 0 aromatic heterocycles. The second kappa shape index (κ2) is 5.42. The fourth-order valence-corrected chi connectivity index (χ4v) is 2.46. The van der Waals surface area contributed by atoms with E-state index in [1.807, 2.05) is 0 Å². The summed E-state index contributed by atoms with van der Waals surface area (Å²) in [5.41, 5.74) is 7.66. The van der Waals surface area contributed by atoms with Crippen molar-refractivity contribution in [2.75, 3.05) is 26.4 Å². The molecule has 3 heteroatoms. The molecule has 0 aliphatic heterocycles. The predicted octanol–water partition coefficient (Wildman–Crippen LogP) is 2.37. The Morgan fingerprint density at radius 2 is 1.94 bits per heavy atom. The maximum absolute atomic E-state index is 6.11. The van der Waals surface area contributed by atoms with Gasteiger partial charge in [-0.3, -0.25) is 0 Å². The Morgan fingerprint density at radius 3 is 2.47 bits per heavy atom. The Hall–Kier alpha value is -0.510. The van der Waals surface area contributed by atoms with Crippen LogP contribution in [0.1, 0.15) is 18.4 Å². The molecule has 1 aliphatic carbocycles. The van der Waals surface area contributed by atoms with Crippen LogP contribution in [0.25, 0.3) is 0 Å². The van der Waals surface area contributed by atoms with E-state index in [2.05, 4.69) is 42.5 Å². The summed E-state index contributed by atoms with van der Waals surface area (Å²) in [7, 11) is 2.17. The quantitative estimate of drug-likeness (QED) is 0.786. The van der Waals surface area contributed by atoms with Crippen molar-refractivity contribution in [3.05, 3.63) is 29.8 Å². The molecule has 2 N–H and O–H groups in total. The van der Waals surface area contributed by atoms with Gasteiger partial charge < -0.3 is 10.6 Å². The van der Waals surface area contributed by atoms with Gasteiger partial charge in [-0.15, -0.1) is 11.8 Å². The molecule has 0 heterocycles. The lowest BCUT2D eigenvalue weighted by Crippen LogP contribution is -2.38. The zero-order valence-corrected chi connectivity index (χ0v) is 11.6. The number of likely N-dealkylation sites (N-methyl/N-ethyl adjacent to an activating group) is 1. The van der Waals surface area contributed by atoms with Gasteiger partial charge in [-0.05, 0) is 50.3 Å². The lowest BCUT2D eigenvalue weighted by molar-refractivity contribution is 0.306. The van der Waals surface area contributed by atoms with E-state index in [-0.39, 0.29) is 5.54 Å². The Labute approximate surface area is 109 Å². The summed E-state index contributed by atoms with van der Waals surface area (Å²) >= 11 is 1.79. The van der Waals surface area contributed by atoms with Crippen molar-refractivity contribution in [3.63, 3.8) is 0 Å². The largest absolute Gasteiger partial charge is 0.324 e. The molecule has 1 saturated carbocycles. The van der Waals surface area contributed by atoms with E-state index in [1.165, 1.54) is 23.3 Å². The lowest BCUT2D eigenvalue weighted by atomic mass is 10.1. The smallest absolute Gasteiger partial charge is 0.0284 e. The van der Waals surface area contributed by atoms with E-state index < -0.39 is 0 Å². The molecule has 17 heavy (non-hydrogen) atoms. The first kappa shape index (κ1) is 12.9. The first-order valence-corrected chi connectivity index (χ1v) is 7.44. The third kappa shape index (κ3) is 4.02. The molecule has 0 spiro atoms. The highest BCUT2D eigenvalue weighted by Gasteiger charge is 2.38. The predicted molar refractivity (Wildman–Crippen MR) is 75.6 cm³/mol. The lowest BCUT2D eigenvalue weighted by Gasteiger charge is -2.20. The molecule has 1 aliphatic rings. The van der Waals surface area contributed by atoms with Crippen LogP contribution in [0.5, 0.6) is 0 Å². The average molecular weight is 250 g/mol. The molecule has 0 amide bonds. The molecule has 1 fully saturated rings. The molecule has 1 aromatic rings. The van der Waals surface area contributed by atoms with E-state index in [1.54, 1.807) is 11.8 Å². The molecule has 1 aromatic carbocycles. The zero-order valence-electron chi connectivity index (χ0n) is 10.8. The van der Waals surface area contributed by atoms with Crippen LogP contribution in [0.4, 0.5) is 0 Å². The van der Waals surface area contributed by atoms with Gasteiger partial charge in [0, 0.05) is 23.5 Å². The fraction of sp³-hybridized carbons (Fsp3) is 0.571. The average Bonchev–Trinajstić information content (AvgIpc) is 3.05. The Kier molecular flexibility index (Phi) is 4.13. The third-order valence-corrected chi connectivity index (χ3v) is 4.16. The van der Waals surface area contributed by atoms with Gasteiger partial charge in [-0.2, -0.15) is 0 Å². The van der Waals surface area contributed by atoms with Crippen LogP contribution in [0.3, 0.4) is 0 Å². The normalized spacial score (nSPS) is 17.4. The van der Waals surface area contributed by atoms with E-state index >= 15 is 0 Å². The number of nitrogens with two attached hydrogens (primary N) is 1. The van der Waals surface area contributed by atoms with Crippen LogP contribution >= 0.6 is 11.8 Å². The summed E-state index contributed by atoms with van der Waals surface area (Å²) in [6, 6.07) is 8.86. The summed E-state index contributed by atoms with van der Waals surface area (Å²) in [4.78, 5) is 3.69. The minimum absolute atomic E-state index is 0.136. The number of hydrogen-bond donors (Lipinski definition) is 1. The first-order valence-electron chi connectivity index (χ1n) is 6.22. The van der Waals surface area contributed by atoms with E-state index in [9.17, 15) is 0 Å². The van der Waals surface area contributed by atoms with Crippen LogP contribution in [-0.2, 0) is 6.42 Å². The molecule has 0 bridgehead atoms. The summed E-state index contributed by atoms with van der Waals surface area (Å²) in [5.74, 6) is 0. The SMILES string of the molecule is CSc1ccc(CCN(C)CC2(N)CC2)cc1. The highest BCUT2D eigenvalue weighted by Crippen LogP contribution is 2.32. The van der Waals surface area contributed by atoms with Gasteiger partial charge in [0.25, 0.3) is 0 Å². The highest BCUT2D eigenvalue weighted by molar-refractivity contribution is 7.98. The van der Waals surface area contributed by atoms with E-state index in [4.69, 9.17) is 5.73 Å². The first-order chi connectivity index (χ1) is 8.11. The molecule has 0 atom stereocenters. The molecule has 0 radical (unpaired) electrons. The van der Waals surface area contributed by atoms with Crippen molar-refractivity contribution in [2.45, 2.75) is 29.7 Å². The fourth-order valence-electron chi connectivity index (χ4n) is 2.05. The summed E-state index contributed by atoms with van der Waals surface area (Å²) < 4.78 is 0. The van der Waals surface area contributed by atoms with Crippen molar-refractivity contribution in [3.8, 4) is 0 Å². The van der Waals surface area contributed by atoms with Crippen molar-refractivity contribution in [1.29, 1.82) is 0 Å². The van der Waals surface area contributed by atoms with Crippen molar-refractivity contribution in [1.82, 2.24) is 4.90 Å². The molecular weight excluding hydrogens is 228 g/mol. The summed E-state index contributed by atoms with van der Waals surface area (Å²) in [6.45, 7) is 2.13. The van der Waals surface area contributed by atoms with Gasteiger partial charge in [0.15, 0.2) is 0 Å². The molecular formula is C14H22N2S. The maximum atomic E-state index is 6.11. The van der Waals surface area contributed by atoms with Crippen LogP contribution < -0.4 is 5.73 Å². The Balaban J connectivity index is 1.76. The number of hydrogen-bond acceptors (Lipinski definition) is 3. The topological polar surface area (TPSA) is 29.3 Å². The Bertz CT molecular complexity index is 357. The maximum Gasteiger partial charge on any atom is 0.0284 e. The minimum atomic E-state index is 0.136. The van der Waals surface area contributed by atoms with Crippen LogP contribution in [0, 0.1) is 0 Å². The molecule has 2 rings (SSSR count). The van der Waals surface area contributed by atoms with Gasteiger partial charge in [0.05, 0.1) is 0 Å². The van der Waals surface area contributed by atoms with E-state index in [0.29, 0.717) is 0 Å². The third-order valence-electron chi connectivity index (χ3n) is 3.42. The standard InChI is InChI=1S/C14H22N2S/c1-16(11-14(15)8-9-14)10-7-12-3-5-13(17-2)6-4-12/h3-6H,7-11,15H2,1-2H3. The van der Waals surface area contributed by atoms with Crippen molar-refractivity contribution >= 4 is 11.8 Å². The number of rotatable bonds is 6. The van der Waals surface area contributed by atoms with E-state index in [0.717, 1.165) is 19.5 Å². The summed E-state index contributed by atoms with van der Waals surface area (Å²) in [6.07, 6.45) is 5.61. The number of thioether (sulfide) groups is 1. The molecule has 0 saturated heterocycles. The van der Waals surface area contributed by atoms with Crippen LogP contribution in [-0.4, -0.2) is 36.8 Å². The highest BCUT2D eigenvalue weighted by atomic mass is 32.2. The second-order valence-electron chi connectivity index (χ2n) is 5.20. The van der Waals surface area contributed by atoms with Crippen LogP contribution in [0.15, 0.2) is 29.2 Å². The number of benzene rings is 1. The van der Waals surface area contributed by atoms with Gasteiger partial charge in [-0.25, -0.2) is 0 Å². The summed E-state index contributed by atoms with van der Waals surface area (Å²) in [5, 5.41) is 0. The van der Waals surface area contributed by atoms with Gasteiger partial charge in [0.1, 0.15) is 0 Å². The van der Waals surface area contributed by atoms with Gasteiger partial charge in [-0.1, -0.05) is 12.1 Å². The van der Waals surface area contributed by atoms with Crippen molar-refractivity contribution < 1.29 is 0 Å².